The zero-order valence-electron chi connectivity index (χ0n) is 14.8. The number of rotatable bonds is 5. The van der Waals surface area contributed by atoms with Crippen LogP contribution in [0.15, 0.2) is 28.6 Å². The van der Waals surface area contributed by atoms with E-state index in [0.717, 1.165) is 11.1 Å². The number of anilines is 1. The van der Waals surface area contributed by atoms with Gasteiger partial charge in [0.1, 0.15) is 6.04 Å². The van der Waals surface area contributed by atoms with Gasteiger partial charge in [-0.05, 0) is 11.1 Å². The molecular formula is C17H18N4O4S2. The van der Waals surface area contributed by atoms with Crippen molar-refractivity contribution in [2.75, 3.05) is 18.2 Å². The fourth-order valence-corrected chi connectivity index (χ4v) is 4.49. The van der Waals surface area contributed by atoms with Gasteiger partial charge in [-0.3, -0.25) is 9.59 Å². The molecule has 142 valence electrons. The van der Waals surface area contributed by atoms with Crippen molar-refractivity contribution in [2.24, 2.45) is 0 Å². The van der Waals surface area contributed by atoms with E-state index in [1.807, 2.05) is 24.3 Å². The number of ether oxygens (including phenoxy) is 1. The molecule has 0 fully saturated rings. The molecule has 1 aromatic carbocycles. The molecule has 1 N–H and O–H groups in total. The summed E-state index contributed by atoms with van der Waals surface area (Å²) in [4.78, 5) is 37.6. The Kier molecular flexibility index (Phi) is 6.07. The first-order chi connectivity index (χ1) is 13.0. The summed E-state index contributed by atoms with van der Waals surface area (Å²) in [7, 11) is 1.32. The molecule has 1 aliphatic heterocycles. The molecule has 2 aromatic rings. The van der Waals surface area contributed by atoms with Crippen molar-refractivity contribution in [3.63, 3.8) is 0 Å². The van der Waals surface area contributed by atoms with E-state index >= 15 is 0 Å². The molecule has 8 nitrogen and oxygen atoms in total. The highest BCUT2D eigenvalue weighted by Crippen LogP contribution is 2.28. The molecular weight excluding hydrogens is 388 g/mol. The van der Waals surface area contributed by atoms with Crippen LogP contribution in [-0.2, 0) is 32.1 Å². The Labute approximate surface area is 164 Å². The molecule has 10 heteroatoms. The summed E-state index contributed by atoms with van der Waals surface area (Å²) in [6, 6.07) is 7.12. The number of nitrogens with zero attached hydrogens (tertiary/aromatic N) is 3. The number of esters is 1. The minimum absolute atomic E-state index is 0.115. The van der Waals surface area contributed by atoms with E-state index in [1.54, 1.807) is 4.90 Å². The number of hydrogen-bond acceptors (Lipinski definition) is 8. The zero-order valence-corrected chi connectivity index (χ0v) is 16.4. The van der Waals surface area contributed by atoms with Crippen LogP contribution in [0, 0.1) is 0 Å². The lowest BCUT2D eigenvalue weighted by Gasteiger charge is -2.35. The largest absolute Gasteiger partial charge is 0.467 e. The van der Waals surface area contributed by atoms with Gasteiger partial charge in [-0.25, -0.2) is 4.79 Å². The Morgan fingerprint density at radius 3 is 2.74 bits per heavy atom. The number of benzene rings is 1. The van der Waals surface area contributed by atoms with Gasteiger partial charge in [-0.2, -0.15) is 0 Å². The third-order valence-corrected chi connectivity index (χ3v) is 6.01. The number of methoxy groups -OCH3 is 1. The zero-order chi connectivity index (χ0) is 19.4. The van der Waals surface area contributed by atoms with Crippen LogP contribution in [0.4, 0.5) is 5.13 Å². The molecule has 1 aromatic heterocycles. The summed E-state index contributed by atoms with van der Waals surface area (Å²) in [5, 5.41) is 10.7. The summed E-state index contributed by atoms with van der Waals surface area (Å²) in [6.07, 6.45) is 0.435. The highest BCUT2D eigenvalue weighted by Gasteiger charge is 2.35. The molecule has 0 aliphatic carbocycles. The smallest absolute Gasteiger partial charge is 0.328 e. The summed E-state index contributed by atoms with van der Waals surface area (Å²) in [5.74, 6) is -0.718. The molecule has 2 heterocycles. The molecule has 0 saturated heterocycles. The normalized spacial score (nSPS) is 15.8. The lowest BCUT2D eigenvalue weighted by molar-refractivity contribution is -0.153. The molecule has 0 bridgehead atoms. The lowest BCUT2D eigenvalue weighted by atomic mass is 9.94. The van der Waals surface area contributed by atoms with Crippen LogP contribution < -0.4 is 5.32 Å². The summed E-state index contributed by atoms with van der Waals surface area (Å²) in [5.41, 5.74) is 2.08. The van der Waals surface area contributed by atoms with Crippen molar-refractivity contribution in [1.29, 1.82) is 0 Å². The van der Waals surface area contributed by atoms with Gasteiger partial charge in [0.05, 0.1) is 12.9 Å². The van der Waals surface area contributed by atoms with Crippen molar-refractivity contribution in [1.82, 2.24) is 15.1 Å². The first-order valence-electron chi connectivity index (χ1n) is 8.16. The van der Waals surface area contributed by atoms with Gasteiger partial charge in [-0.15, -0.1) is 10.2 Å². The van der Waals surface area contributed by atoms with Crippen LogP contribution in [0.1, 0.15) is 18.1 Å². The van der Waals surface area contributed by atoms with Crippen LogP contribution in [0.5, 0.6) is 0 Å². The molecule has 27 heavy (non-hydrogen) atoms. The number of aromatic nitrogens is 2. The number of amides is 2. The molecule has 3 rings (SSSR count). The third kappa shape index (κ3) is 4.64. The first kappa shape index (κ1) is 19.3. The Bertz CT molecular complexity index is 870. The van der Waals surface area contributed by atoms with Crippen LogP contribution in [0.25, 0.3) is 0 Å². The maximum atomic E-state index is 12.8. The van der Waals surface area contributed by atoms with E-state index in [1.165, 1.54) is 37.1 Å². The van der Waals surface area contributed by atoms with Crippen molar-refractivity contribution in [2.45, 2.75) is 30.3 Å². The SMILES string of the molecule is COC(=O)C1Cc2ccccc2CN1C(=O)CSc1nnc(NC(C)=O)s1. The van der Waals surface area contributed by atoms with Gasteiger partial charge >= 0.3 is 5.97 Å². The van der Waals surface area contributed by atoms with Crippen molar-refractivity contribution in [3.8, 4) is 0 Å². The predicted octanol–water partition coefficient (Wildman–Crippen LogP) is 1.72. The number of carbonyl (C=O) groups excluding carboxylic acids is 3. The molecule has 0 spiro atoms. The van der Waals surface area contributed by atoms with Crippen LogP contribution in [0.2, 0.25) is 0 Å². The molecule has 2 amide bonds. The average molecular weight is 406 g/mol. The van der Waals surface area contributed by atoms with E-state index in [9.17, 15) is 14.4 Å². The van der Waals surface area contributed by atoms with Gasteiger partial charge in [0.25, 0.3) is 0 Å². The minimum Gasteiger partial charge on any atom is -0.467 e. The first-order valence-corrected chi connectivity index (χ1v) is 9.96. The fraction of sp³-hybridized carbons (Fsp3) is 0.353. The van der Waals surface area contributed by atoms with Gasteiger partial charge in [0.15, 0.2) is 4.34 Å². The maximum absolute atomic E-state index is 12.8. The maximum Gasteiger partial charge on any atom is 0.328 e. The molecule has 0 radical (unpaired) electrons. The number of nitrogens with one attached hydrogen (secondary N) is 1. The summed E-state index contributed by atoms with van der Waals surface area (Å²) < 4.78 is 5.46. The molecule has 1 unspecified atom stereocenters. The van der Waals surface area contributed by atoms with Crippen molar-refractivity contribution >= 4 is 46.0 Å². The number of carbonyl (C=O) groups is 3. The number of hydrogen-bond donors (Lipinski definition) is 1. The van der Waals surface area contributed by atoms with Gasteiger partial charge in [-0.1, -0.05) is 47.4 Å². The van der Waals surface area contributed by atoms with E-state index < -0.39 is 12.0 Å². The Balaban J connectivity index is 1.69. The number of thioether (sulfide) groups is 1. The quantitative estimate of drug-likeness (QED) is 0.458. The van der Waals surface area contributed by atoms with Gasteiger partial charge < -0.3 is 15.0 Å². The van der Waals surface area contributed by atoms with Crippen molar-refractivity contribution in [3.05, 3.63) is 35.4 Å². The average Bonchev–Trinajstić information content (AvgIpc) is 3.11. The highest BCUT2D eigenvalue weighted by molar-refractivity contribution is 8.01. The Morgan fingerprint density at radius 1 is 1.30 bits per heavy atom. The molecule has 1 aliphatic rings. The van der Waals surface area contributed by atoms with Gasteiger partial charge in [0, 0.05) is 19.9 Å². The molecule has 0 saturated carbocycles. The van der Waals surface area contributed by atoms with Crippen LogP contribution in [0.3, 0.4) is 0 Å². The minimum atomic E-state index is -0.637. The summed E-state index contributed by atoms with van der Waals surface area (Å²) in [6.45, 7) is 1.75. The van der Waals surface area contributed by atoms with E-state index in [2.05, 4.69) is 15.5 Å². The van der Waals surface area contributed by atoms with Gasteiger partial charge in [0.2, 0.25) is 16.9 Å². The van der Waals surface area contributed by atoms with Crippen LogP contribution >= 0.6 is 23.1 Å². The standard InChI is InChI=1S/C17H18N4O4S2/c1-10(22)18-16-19-20-17(27-16)26-9-14(23)21-8-12-6-4-3-5-11(12)7-13(21)15(24)25-2/h3-6,13H,7-9H2,1-2H3,(H,18,19,22). The van der Waals surface area contributed by atoms with E-state index in [-0.39, 0.29) is 17.6 Å². The summed E-state index contributed by atoms with van der Waals surface area (Å²) >= 11 is 2.42. The Hall–Kier alpha value is -2.46. The van der Waals surface area contributed by atoms with Crippen LogP contribution in [-0.4, -0.2) is 51.8 Å². The third-order valence-electron chi connectivity index (χ3n) is 4.05. The Morgan fingerprint density at radius 2 is 2.04 bits per heavy atom. The highest BCUT2D eigenvalue weighted by atomic mass is 32.2. The second-order valence-corrected chi connectivity index (χ2v) is 8.08. The van der Waals surface area contributed by atoms with E-state index in [4.69, 9.17) is 4.74 Å². The molecule has 1 atom stereocenters. The second kappa shape index (κ2) is 8.49. The topological polar surface area (TPSA) is 101 Å². The number of fused-ring (bicyclic) bond motifs is 1. The fourth-order valence-electron chi connectivity index (χ4n) is 2.81. The monoisotopic (exact) mass is 406 g/mol. The lowest BCUT2D eigenvalue weighted by Crippen LogP contribution is -2.49. The second-order valence-electron chi connectivity index (χ2n) is 5.88. The predicted molar refractivity (Wildman–Crippen MR) is 101 cm³/mol. The van der Waals surface area contributed by atoms with Crippen molar-refractivity contribution < 1.29 is 19.1 Å². The van der Waals surface area contributed by atoms with E-state index in [0.29, 0.717) is 22.4 Å².